The zero-order chi connectivity index (χ0) is 12.1. The van der Waals surface area contributed by atoms with Gasteiger partial charge >= 0.3 is 0 Å². The van der Waals surface area contributed by atoms with E-state index < -0.39 is 0 Å². The molecule has 0 bridgehead atoms. The molecule has 0 spiro atoms. The summed E-state index contributed by atoms with van der Waals surface area (Å²) in [5.74, 6) is 1.81. The minimum atomic E-state index is 0.529. The van der Waals surface area contributed by atoms with Gasteiger partial charge in [0.25, 0.3) is 0 Å². The number of pyridine rings is 1. The third-order valence-electron chi connectivity index (χ3n) is 2.07. The highest BCUT2D eigenvalue weighted by molar-refractivity contribution is 5.56. The van der Waals surface area contributed by atoms with Crippen LogP contribution in [-0.2, 0) is 0 Å². The van der Waals surface area contributed by atoms with Gasteiger partial charge in [0, 0.05) is 19.3 Å². The number of anilines is 3. The Bertz CT molecular complexity index is 533. The lowest BCUT2D eigenvalue weighted by Gasteiger charge is -2.09. The van der Waals surface area contributed by atoms with Crippen molar-refractivity contribution >= 4 is 17.5 Å². The number of rotatable bonds is 3. The highest BCUT2D eigenvalue weighted by atomic mass is 15.2. The second kappa shape index (κ2) is 4.90. The Balaban J connectivity index is 2.20. The Hall–Kier alpha value is -2.68. The zero-order valence-electron chi connectivity index (χ0n) is 9.20. The highest BCUT2D eigenvalue weighted by Crippen LogP contribution is 2.15. The molecule has 0 aliphatic heterocycles. The molecule has 0 aliphatic carbocycles. The summed E-state index contributed by atoms with van der Waals surface area (Å²) in [4.78, 5) is 13.5. The van der Waals surface area contributed by atoms with Gasteiger partial charge in [-0.15, -0.1) is 0 Å². The van der Waals surface area contributed by atoms with E-state index >= 15 is 0 Å². The summed E-state index contributed by atoms with van der Waals surface area (Å²) in [5.41, 5.74) is 0. The van der Waals surface area contributed by atoms with Gasteiger partial charge in [0.1, 0.15) is 23.8 Å². The lowest BCUT2D eigenvalue weighted by Crippen LogP contribution is -2.10. The van der Waals surface area contributed by atoms with E-state index in [1.54, 1.807) is 19.3 Å². The van der Waals surface area contributed by atoms with Crippen LogP contribution >= 0.6 is 0 Å². The molecule has 0 radical (unpaired) electrons. The van der Waals surface area contributed by atoms with Crippen molar-refractivity contribution in [2.45, 2.75) is 0 Å². The van der Waals surface area contributed by atoms with Crippen LogP contribution in [0.4, 0.5) is 17.5 Å². The van der Waals surface area contributed by atoms with Gasteiger partial charge in [-0.05, 0) is 12.1 Å². The third-order valence-corrected chi connectivity index (χ3v) is 2.07. The van der Waals surface area contributed by atoms with Crippen molar-refractivity contribution in [3.8, 4) is 6.19 Å². The summed E-state index contributed by atoms with van der Waals surface area (Å²) in [6, 6.07) is 7.21. The lowest BCUT2D eigenvalue weighted by atomic mass is 10.4. The van der Waals surface area contributed by atoms with Gasteiger partial charge in [-0.25, -0.2) is 15.0 Å². The summed E-state index contributed by atoms with van der Waals surface area (Å²) in [7, 11) is 1.63. The van der Waals surface area contributed by atoms with Gasteiger partial charge in [-0.3, -0.25) is 4.90 Å². The Kier molecular flexibility index (Phi) is 3.12. The quantitative estimate of drug-likeness (QED) is 0.631. The van der Waals surface area contributed by atoms with Crippen molar-refractivity contribution in [3.05, 3.63) is 36.8 Å². The second-order valence-electron chi connectivity index (χ2n) is 3.26. The molecule has 0 saturated heterocycles. The Morgan fingerprint density at radius 1 is 1.24 bits per heavy atom. The summed E-state index contributed by atoms with van der Waals surface area (Å²) in [6.45, 7) is 0. The van der Waals surface area contributed by atoms with E-state index in [0.29, 0.717) is 17.5 Å². The summed E-state index contributed by atoms with van der Waals surface area (Å²) in [5, 5.41) is 11.8. The third kappa shape index (κ3) is 2.66. The molecular formula is C11H10N6. The maximum Gasteiger partial charge on any atom is 0.185 e. The predicted octanol–water partition coefficient (Wildman–Crippen LogP) is 1.53. The number of hydrogen-bond acceptors (Lipinski definition) is 6. The average Bonchev–Trinajstić information content (AvgIpc) is 2.39. The van der Waals surface area contributed by atoms with Crippen LogP contribution < -0.4 is 10.2 Å². The van der Waals surface area contributed by atoms with E-state index in [1.165, 1.54) is 11.2 Å². The number of nitrogens with one attached hydrogen (secondary N) is 1. The number of aromatic nitrogens is 3. The first-order valence-electron chi connectivity index (χ1n) is 4.93. The molecular weight excluding hydrogens is 216 g/mol. The van der Waals surface area contributed by atoms with Crippen LogP contribution in [0.1, 0.15) is 0 Å². The molecule has 2 aromatic heterocycles. The molecule has 0 aromatic carbocycles. The average molecular weight is 226 g/mol. The van der Waals surface area contributed by atoms with Crippen molar-refractivity contribution in [2.75, 3.05) is 17.3 Å². The molecule has 0 aliphatic rings. The van der Waals surface area contributed by atoms with Gasteiger partial charge in [0.15, 0.2) is 6.19 Å². The number of nitriles is 1. The molecule has 2 heterocycles. The molecule has 2 aromatic rings. The standard InChI is InChI=1S/C11H10N6/c1-17(7-12)11-6-10(14-8-15-11)16-9-4-2-3-5-13-9/h2-6,8H,1H3,(H,13,14,15,16). The summed E-state index contributed by atoms with van der Waals surface area (Å²) >= 11 is 0. The highest BCUT2D eigenvalue weighted by Gasteiger charge is 2.03. The van der Waals surface area contributed by atoms with Gasteiger partial charge in [0.2, 0.25) is 0 Å². The van der Waals surface area contributed by atoms with Gasteiger partial charge in [-0.1, -0.05) is 6.07 Å². The van der Waals surface area contributed by atoms with E-state index in [0.717, 1.165) is 0 Å². The Labute approximate surface area is 98.6 Å². The molecule has 0 atom stereocenters. The van der Waals surface area contributed by atoms with Crippen LogP contribution in [0.3, 0.4) is 0 Å². The van der Waals surface area contributed by atoms with Crippen LogP contribution in [0, 0.1) is 11.5 Å². The van der Waals surface area contributed by atoms with Crippen LogP contribution in [0.2, 0.25) is 0 Å². The molecule has 0 fully saturated rings. The van der Waals surface area contributed by atoms with E-state index in [2.05, 4.69) is 20.3 Å². The van der Waals surface area contributed by atoms with Crippen LogP contribution in [0.15, 0.2) is 36.8 Å². The first-order valence-corrected chi connectivity index (χ1v) is 4.93. The van der Waals surface area contributed by atoms with Gasteiger partial charge < -0.3 is 5.32 Å². The van der Waals surface area contributed by atoms with Crippen LogP contribution in [0.25, 0.3) is 0 Å². The first kappa shape index (κ1) is 10.8. The Morgan fingerprint density at radius 2 is 2.12 bits per heavy atom. The molecule has 0 amide bonds. The monoisotopic (exact) mass is 226 g/mol. The lowest BCUT2D eigenvalue weighted by molar-refractivity contribution is 1.08. The molecule has 2 rings (SSSR count). The van der Waals surface area contributed by atoms with E-state index in [4.69, 9.17) is 5.26 Å². The minimum Gasteiger partial charge on any atom is -0.325 e. The molecule has 6 heteroatoms. The van der Waals surface area contributed by atoms with E-state index in [9.17, 15) is 0 Å². The fourth-order valence-electron chi connectivity index (χ4n) is 1.22. The molecule has 1 N–H and O–H groups in total. The maximum absolute atomic E-state index is 8.75. The number of hydrogen-bond donors (Lipinski definition) is 1. The van der Waals surface area contributed by atoms with Crippen molar-refractivity contribution < 1.29 is 0 Å². The van der Waals surface area contributed by atoms with Crippen molar-refractivity contribution in [3.63, 3.8) is 0 Å². The van der Waals surface area contributed by atoms with E-state index in [-0.39, 0.29) is 0 Å². The zero-order valence-corrected chi connectivity index (χ0v) is 9.20. The van der Waals surface area contributed by atoms with Crippen molar-refractivity contribution in [2.24, 2.45) is 0 Å². The molecule has 0 unspecified atom stereocenters. The largest absolute Gasteiger partial charge is 0.325 e. The van der Waals surface area contributed by atoms with Crippen LogP contribution in [-0.4, -0.2) is 22.0 Å². The molecule has 17 heavy (non-hydrogen) atoms. The smallest absolute Gasteiger partial charge is 0.185 e. The van der Waals surface area contributed by atoms with Crippen molar-refractivity contribution in [1.82, 2.24) is 15.0 Å². The molecule has 0 saturated carbocycles. The van der Waals surface area contributed by atoms with E-state index in [1.807, 2.05) is 24.4 Å². The fourth-order valence-corrected chi connectivity index (χ4v) is 1.22. The fraction of sp³-hybridized carbons (Fsp3) is 0.0909. The van der Waals surface area contributed by atoms with Crippen LogP contribution in [0.5, 0.6) is 0 Å². The molecule has 84 valence electrons. The minimum absolute atomic E-state index is 0.529. The Morgan fingerprint density at radius 3 is 2.82 bits per heavy atom. The maximum atomic E-state index is 8.75. The topological polar surface area (TPSA) is 77.7 Å². The van der Waals surface area contributed by atoms with Gasteiger partial charge in [0.05, 0.1) is 0 Å². The van der Waals surface area contributed by atoms with Gasteiger partial charge in [-0.2, -0.15) is 5.26 Å². The SMILES string of the molecule is CN(C#N)c1cc(Nc2ccccn2)ncn1. The molecule has 6 nitrogen and oxygen atoms in total. The van der Waals surface area contributed by atoms with Crippen molar-refractivity contribution in [1.29, 1.82) is 5.26 Å². The normalized spacial score (nSPS) is 9.41. The summed E-state index contributed by atoms with van der Waals surface area (Å²) in [6.07, 6.45) is 5.06. The summed E-state index contributed by atoms with van der Waals surface area (Å²) < 4.78 is 0. The predicted molar refractivity (Wildman–Crippen MR) is 63.6 cm³/mol. The first-order chi connectivity index (χ1) is 8.29. The number of nitrogens with zero attached hydrogens (tertiary/aromatic N) is 5. The second-order valence-corrected chi connectivity index (χ2v) is 3.26.